The molecule has 20 heavy (non-hydrogen) atoms. The lowest BCUT2D eigenvalue weighted by atomic mass is 10.1. The SMILES string of the molecule is Cc1cc(C)c2c(Cl)nc(-c3cc(Cl)sc3Cl)nc2c1. The summed E-state index contributed by atoms with van der Waals surface area (Å²) in [5.74, 6) is 0.501. The lowest BCUT2D eigenvalue weighted by Gasteiger charge is -2.07. The van der Waals surface area contributed by atoms with Gasteiger partial charge in [-0.05, 0) is 37.1 Å². The zero-order chi connectivity index (χ0) is 14.4. The van der Waals surface area contributed by atoms with Crippen molar-refractivity contribution in [2.24, 2.45) is 0 Å². The molecule has 0 fully saturated rings. The molecule has 0 saturated heterocycles. The smallest absolute Gasteiger partial charge is 0.163 e. The lowest BCUT2D eigenvalue weighted by Crippen LogP contribution is -1.94. The van der Waals surface area contributed by atoms with Gasteiger partial charge in [0.2, 0.25) is 0 Å². The standard InChI is InChI=1S/C14H9Cl3N2S/c1-6-3-7(2)11-9(4-6)18-14(19-12(11)16)8-5-10(15)20-13(8)17/h3-5H,1-2H3. The number of hydrogen-bond acceptors (Lipinski definition) is 3. The third kappa shape index (κ3) is 2.40. The maximum atomic E-state index is 6.31. The minimum Gasteiger partial charge on any atom is -0.228 e. The Morgan fingerprint density at radius 3 is 2.40 bits per heavy atom. The van der Waals surface area contributed by atoms with Crippen LogP contribution in [0.2, 0.25) is 13.8 Å². The van der Waals surface area contributed by atoms with E-state index in [0.717, 1.165) is 22.0 Å². The zero-order valence-corrected chi connectivity index (χ0v) is 13.8. The van der Waals surface area contributed by atoms with Crippen molar-refractivity contribution in [2.75, 3.05) is 0 Å². The average molecular weight is 344 g/mol. The normalized spacial score (nSPS) is 11.2. The summed E-state index contributed by atoms with van der Waals surface area (Å²) in [4.78, 5) is 8.92. The summed E-state index contributed by atoms with van der Waals surface area (Å²) in [5, 5.41) is 1.30. The van der Waals surface area contributed by atoms with E-state index in [-0.39, 0.29) is 0 Å². The van der Waals surface area contributed by atoms with Crippen molar-refractivity contribution in [3.8, 4) is 11.4 Å². The van der Waals surface area contributed by atoms with Crippen molar-refractivity contribution in [1.82, 2.24) is 9.97 Å². The molecule has 6 heteroatoms. The number of thiophene rings is 1. The second-order valence-corrected chi connectivity index (χ2v) is 7.20. The van der Waals surface area contributed by atoms with Crippen LogP contribution in [-0.4, -0.2) is 9.97 Å². The van der Waals surface area contributed by atoms with Crippen molar-refractivity contribution in [1.29, 1.82) is 0 Å². The first kappa shape index (κ1) is 14.1. The summed E-state index contributed by atoms with van der Waals surface area (Å²) < 4.78 is 1.17. The van der Waals surface area contributed by atoms with Crippen LogP contribution < -0.4 is 0 Å². The summed E-state index contributed by atoms with van der Waals surface area (Å²) in [5.41, 5.74) is 3.72. The van der Waals surface area contributed by atoms with E-state index in [1.807, 2.05) is 19.9 Å². The first-order valence-corrected chi connectivity index (χ1v) is 7.80. The van der Waals surface area contributed by atoms with Crippen LogP contribution in [0.5, 0.6) is 0 Å². The molecular formula is C14H9Cl3N2S. The average Bonchev–Trinajstić information content (AvgIpc) is 2.66. The Balaban J connectivity index is 2.32. The molecule has 102 valence electrons. The first-order chi connectivity index (χ1) is 9.45. The van der Waals surface area contributed by atoms with E-state index in [2.05, 4.69) is 16.0 Å². The van der Waals surface area contributed by atoms with Gasteiger partial charge in [-0.2, -0.15) is 0 Å². The van der Waals surface area contributed by atoms with Gasteiger partial charge in [-0.25, -0.2) is 9.97 Å². The van der Waals surface area contributed by atoms with Gasteiger partial charge in [0, 0.05) is 5.39 Å². The van der Waals surface area contributed by atoms with Crippen molar-refractivity contribution in [3.05, 3.63) is 43.2 Å². The Kier molecular flexibility index (Phi) is 3.63. The van der Waals surface area contributed by atoms with E-state index in [1.54, 1.807) is 6.07 Å². The third-order valence-electron chi connectivity index (χ3n) is 2.99. The van der Waals surface area contributed by atoms with Crippen LogP contribution in [0.25, 0.3) is 22.3 Å². The minimum atomic E-state index is 0.431. The van der Waals surface area contributed by atoms with Crippen molar-refractivity contribution in [2.45, 2.75) is 13.8 Å². The van der Waals surface area contributed by atoms with E-state index in [9.17, 15) is 0 Å². The maximum absolute atomic E-state index is 6.31. The largest absolute Gasteiger partial charge is 0.228 e. The summed E-state index contributed by atoms with van der Waals surface area (Å²) in [6, 6.07) is 5.81. The van der Waals surface area contributed by atoms with Gasteiger partial charge < -0.3 is 0 Å². The molecule has 1 aromatic carbocycles. The van der Waals surface area contributed by atoms with Crippen molar-refractivity contribution in [3.63, 3.8) is 0 Å². The molecule has 0 aliphatic carbocycles. The van der Waals surface area contributed by atoms with Crippen LogP contribution in [0.15, 0.2) is 18.2 Å². The molecule has 0 spiro atoms. The monoisotopic (exact) mass is 342 g/mol. The van der Waals surface area contributed by atoms with Crippen molar-refractivity contribution < 1.29 is 0 Å². The fraction of sp³-hybridized carbons (Fsp3) is 0.143. The van der Waals surface area contributed by atoms with Gasteiger partial charge in [0.05, 0.1) is 15.4 Å². The van der Waals surface area contributed by atoms with E-state index in [1.165, 1.54) is 11.3 Å². The number of nitrogens with zero attached hydrogens (tertiary/aromatic N) is 2. The molecule has 0 aliphatic rings. The van der Waals surface area contributed by atoms with Crippen molar-refractivity contribution >= 4 is 57.0 Å². The Bertz CT molecular complexity index is 827. The highest BCUT2D eigenvalue weighted by molar-refractivity contribution is 7.20. The van der Waals surface area contributed by atoms with E-state index < -0.39 is 0 Å². The molecule has 0 amide bonds. The molecule has 0 aliphatic heterocycles. The van der Waals surface area contributed by atoms with Gasteiger partial charge in [-0.15, -0.1) is 11.3 Å². The van der Waals surface area contributed by atoms with Crippen LogP contribution in [0.4, 0.5) is 0 Å². The summed E-state index contributed by atoms with van der Waals surface area (Å²) in [6.45, 7) is 4.02. The number of aryl methyl sites for hydroxylation is 2. The summed E-state index contributed by atoms with van der Waals surface area (Å²) >= 11 is 19.7. The van der Waals surface area contributed by atoms with Gasteiger partial charge in [-0.3, -0.25) is 0 Å². The predicted molar refractivity (Wildman–Crippen MR) is 87.4 cm³/mol. The number of fused-ring (bicyclic) bond motifs is 1. The molecule has 2 aromatic heterocycles. The quantitative estimate of drug-likeness (QED) is 0.511. The molecule has 0 unspecified atom stereocenters. The fourth-order valence-electron chi connectivity index (χ4n) is 2.20. The van der Waals surface area contributed by atoms with Crippen LogP contribution >= 0.6 is 46.1 Å². The van der Waals surface area contributed by atoms with Gasteiger partial charge in [0.1, 0.15) is 9.49 Å². The Morgan fingerprint density at radius 1 is 1.00 bits per heavy atom. The molecule has 0 N–H and O–H groups in total. The third-order valence-corrected chi connectivity index (χ3v) is 4.75. The second kappa shape index (κ2) is 5.15. The number of hydrogen-bond donors (Lipinski definition) is 0. The highest BCUT2D eigenvalue weighted by atomic mass is 35.5. The van der Waals surface area contributed by atoms with E-state index in [0.29, 0.717) is 25.2 Å². The molecular weight excluding hydrogens is 335 g/mol. The molecule has 3 rings (SSSR count). The molecule has 2 nitrogen and oxygen atoms in total. The molecule has 3 aromatic rings. The molecule has 0 bridgehead atoms. The molecule has 0 atom stereocenters. The lowest BCUT2D eigenvalue weighted by molar-refractivity contribution is 1.22. The first-order valence-electron chi connectivity index (χ1n) is 5.85. The van der Waals surface area contributed by atoms with Gasteiger partial charge in [-0.1, -0.05) is 40.9 Å². The highest BCUT2D eigenvalue weighted by Crippen LogP contribution is 2.38. The highest BCUT2D eigenvalue weighted by Gasteiger charge is 2.15. The van der Waals surface area contributed by atoms with E-state index >= 15 is 0 Å². The Labute approximate surface area is 135 Å². The number of rotatable bonds is 1. The minimum absolute atomic E-state index is 0.431. The molecule has 0 saturated carbocycles. The summed E-state index contributed by atoms with van der Waals surface area (Å²) in [6.07, 6.45) is 0. The van der Waals surface area contributed by atoms with Crippen LogP contribution in [0, 0.1) is 13.8 Å². The number of benzene rings is 1. The number of halogens is 3. The Morgan fingerprint density at radius 2 is 1.75 bits per heavy atom. The predicted octanol–water partition coefficient (Wildman–Crippen LogP) is 5.94. The topological polar surface area (TPSA) is 25.8 Å². The number of aromatic nitrogens is 2. The molecule has 0 radical (unpaired) electrons. The van der Waals surface area contributed by atoms with Gasteiger partial charge in [0.15, 0.2) is 5.82 Å². The van der Waals surface area contributed by atoms with E-state index in [4.69, 9.17) is 34.8 Å². The fourth-order valence-corrected chi connectivity index (χ4v) is 3.98. The zero-order valence-electron chi connectivity index (χ0n) is 10.7. The van der Waals surface area contributed by atoms with Crippen LogP contribution in [0.3, 0.4) is 0 Å². The van der Waals surface area contributed by atoms with Crippen LogP contribution in [0.1, 0.15) is 11.1 Å². The second-order valence-electron chi connectivity index (χ2n) is 4.55. The van der Waals surface area contributed by atoms with Gasteiger partial charge in [0.25, 0.3) is 0 Å². The molecule has 2 heterocycles. The van der Waals surface area contributed by atoms with Gasteiger partial charge >= 0.3 is 0 Å². The Hall–Kier alpha value is -0.870. The van der Waals surface area contributed by atoms with Crippen LogP contribution in [-0.2, 0) is 0 Å². The maximum Gasteiger partial charge on any atom is 0.163 e. The summed E-state index contributed by atoms with van der Waals surface area (Å²) in [7, 11) is 0.